The Hall–Kier alpha value is -2.16. The Kier molecular flexibility index (Phi) is 8.80. The van der Waals surface area contributed by atoms with Gasteiger partial charge in [0.15, 0.2) is 0 Å². The van der Waals surface area contributed by atoms with Gasteiger partial charge in [-0.2, -0.15) is 13.2 Å². The average Bonchev–Trinajstić information content (AvgIpc) is 2.84. The maximum Gasteiger partial charge on any atom is 0.416 e. The van der Waals surface area contributed by atoms with Crippen LogP contribution < -0.4 is 0 Å². The van der Waals surface area contributed by atoms with Crippen LogP contribution >= 0.6 is 11.8 Å². The number of hydrogen-bond donors (Lipinski definition) is 0. The van der Waals surface area contributed by atoms with Crippen molar-refractivity contribution in [1.82, 2.24) is 14.9 Å². The van der Waals surface area contributed by atoms with E-state index < -0.39 is 11.7 Å². The number of benzene rings is 1. The van der Waals surface area contributed by atoms with Gasteiger partial charge in [-0.1, -0.05) is 25.0 Å². The molecular weight excluding hydrogens is 459 g/mol. The fraction of sp³-hybridized carbons (Fsp3) is 0.462. The van der Waals surface area contributed by atoms with E-state index in [1.165, 1.54) is 11.6 Å². The largest absolute Gasteiger partial charge is 0.416 e. The number of halogens is 3. The molecule has 0 radical (unpaired) electrons. The standard InChI is InChI=1S/C26H30F3N3OS/c27-26(28,29)21-7-9-23-24(17-21)30-11-10-25(23)34-16-4-2-1-3-5-20-6-8-22(31-18-20)19-32-12-14-33-15-13-32/h6-11,17-18H,1-5,12-16,19H2. The maximum absolute atomic E-state index is 12.9. The second kappa shape index (κ2) is 12.0. The van der Waals surface area contributed by atoms with Gasteiger partial charge in [-0.3, -0.25) is 14.9 Å². The predicted octanol–water partition coefficient (Wildman–Crippen LogP) is 6.38. The highest BCUT2D eigenvalue weighted by Gasteiger charge is 2.30. The summed E-state index contributed by atoms with van der Waals surface area (Å²) in [6.07, 6.45) is 4.78. The Morgan fingerprint density at radius 1 is 0.941 bits per heavy atom. The highest BCUT2D eigenvalue weighted by Crippen LogP contribution is 2.34. The predicted molar refractivity (Wildman–Crippen MR) is 130 cm³/mol. The molecule has 0 spiro atoms. The molecule has 182 valence electrons. The van der Waals surface area contributed by atoms with Crippen LogP contribution in [0.4, 0.5) is 13.2 Å². The van der Waals surface area contributed by atoms with Crippen molar-refractivity contribution in [2.75, 3.05) is 32.1 Å². The SMILES string of the molecule is FC(F)(F)c1ccc2c(SCCCCCCc3ccc(CN4CCOCC4)nc3)ccnc2c1. The summed E-state index contributed by atoms with van der Waals surface area (Å²) in [5.41, 5.74) is 2.13. The van der Waals surface area contributed by atoms with Crippen molar-refractivity contribution in [3.05, 3.63) is 65.6 Å². The van der Waals surface area contributed by atoms with E-state index in [1.54, 1.807) is 18.0 Å². The van der Waals surface area contributed by atoms with Gasteiger partial charge in [0.1, 0.15) is 0 Å². The molecule has 0 amide bonds. The molecule has 8 heteroatoms. The molecule has 0 N–H and O–H groups in total. The Labute approximate surface area is 202 Å². The van der Waals surface area contributed by atoms with Crippen LogP contribution in [0.2, 0.25) is 0 Å². The van der Waals surface area contributed by atoms with Crippen molar-refractivity contribution in [2.45, 2.75) is 49.7 Å². The van der Waals surface area contributed by atoms with Gasteiger partial charge in [0.25, 0.3) is 0 Å². The molecule has 0 saturated carbocycles. The molecule has 1 fully saturated rings. The first-order chi connectivity index (χ1) is 16.5. The second-order valence-corrected chi connectivity index (χ2v) is 9.73. The summed E-state index contributed by atoms with van der Waals surface area (Å²) in [6, 6.07) is 10.0. The van der Waals surface area contributed by atoms with Crippen molar-refractivity contribution in [3.63, 3.8) is 0 Å². The van der Waals surface area contributed by atoms with Crippen molar-refractivity contribution in [1.29, 1.82) is 0 Å². The van der Waals surface area contributed by atoms with Gasteiger partial charge in [0.05, 0.1) is 30.0 Å². The van der Waals surface area contributed by atoms with Gasteiger partial charge >= 0.3 is 6.18 Å². The van der Waals surface area contributed by atoms with Crippen LogP contribution in [0, 0.1) is 0 Å². The monoisotopic (exact) mass is 489 g/mol. The van der Waals surface area contributed by atoms with Gasteiger partial charge in [0, 0.05) is 42.3 Å². The van der Waals surface area contributed by atoms with Crippen molar-refractivity contribution in [3.8, 4) is 0 Å². The smallest absolute Gasteiger partial charge is 0.379 e. The summed E-state index contributed by atoms with van der Waals surface area (Å²) in [4.78, 5) is 12.1. The third kappa shape index (κ3) is 7.17. The topological polar surface area (TPSA) is 38.2 Å². The van der Waals surface area contributed by atoms with Gasteiger partial charge in [0.2, 0.25) is 0 Å². The van der Waals surface area contributed by atoms with E-state index in [4.69, 9.17) is 4.74 Å². The first kappa shape index (κ1) is 24.9. The van der Waals surface area contributed by atoms with Crippen molar-refractivity contribution >= 4 is 22.7 Å². The summed E-state index contributed by atoms with van der Waals surface area (Å²) in [5, 5.41) is 0.782. The van der Waals surface area contributed by atoms with Crippen LogP contribution in [0.15, 0.2) is 53.7 Å². The molecule has 1 aromatic carbocycles. The van der Waals surface area contributed by atoms with Crippen LogP contribution in [-0.2, 0) is 23.9 Å². The zero-order valence-electron chi connectivity index (χ0n) is 19.2. The molecule has 34 heavy (non-hydrogen) atoms. The summed E-state index contributed by atoms with van der Waals surface area (Å²) >= 11 is 1.69. The summed E-state index contributed by atoms with van der Waals surface area (Å²) in [7, 11) is 0. The number of unbranched alkanes of at least 4 members (excludes halogenated alkanes) is 3. The van der Waals surface area contributed by atoms with Gasteiger partial charge < -0.3 is 4.74 Å². The van der Waals surface area contributed by atoms with Crippen molar-refractivity contribution in [2.24, 2.45) is 0 Å². The molecule has 0 bridgehead atoms. The number of rotatable bonds is 10. The minimum Gasteiger partial charge on any atom is -0.379 e. The Balaban J connectivity index is 1.15. The Morgan fingerprint density at radius 2 is 1.76 bits per heavy atom. The zero-order valence-corrected chi connectivity index (χ0v) is 20.0. The lowest BCUT2D eigenvalue weighted by molar-refractivity contribution is -0.137. The number of fused-ring (bicyclic) bond motifs is 1. The molecule has 3 aromatic rings. The first-order valence-corrected chi connectivity index (χ1v) is 12.8. The normalized spacial score (nSPS) is 15.1. The van der Waals surface area contributed by atoms with Crippen molar-refractivity contribution < 1.29 is 17.9 Å². The fourth-order valence-corrected chi connectivity index (χ4v) is 5.13. The highest BCUT2D eigenvalue weighted by atomic mass is 32.2. The second-order valence-electron chi connectivity index (χ2n) is 8.60. The van der Waals surface area contributed by atoms with Crippen LogP contribution in [0.1, 0.15) is 42.5 Å². The number of aromatic nitrogens is 2. The van der Waals surface area contributed by atoms with Crippen LogP contribution in [0.5, 0.6) is 0 Å². The van der Waals surface area contributed by atoms with E-state index in [1.807, 2.05) is 12.3 Å². The highest BCUT2D eigenvalue weighted by molar-refractivity contribution is 7.99. The van der Waals surface area contributed by atoms with Gasteiger partial charge in [-0.15, -0.1) is 11.8 Å². The molecule has 2 aromatic heterocycles. The van der Waals surface area contributed by atoms with E-state index in [9.17, 15) is 13.2 Å². The number of nitrogens with zero attached hydrogens (tertiary/aromatic N) is 3. The number of ether oxygens (including phenoxy) is 1. The van der Waals surface area contributed by atoms with E-state index in [0.717, 1.165) is 98.8 Å². The lowest BCUT2D eigenvalue weighted by Gasteiger charge is -2.26. The Bertz CT molecular complexity index is 1050. The molecule has 0 unspecified atom stereocenters. The minimum atomic E-state index is -4.35. The van der Waals surface area contributed by atoms with E-state index in [2.05, 4.69) is 27.0 Å². The molecular formula is C26H30F3N3OS. The zero-order chi connectivity index (χ0) is 23.8. The minimum absolute atomic E-state index is 0.393. The first-order valence-electron chi connectivity index (χ1n) is 11.8. The quantitative estimate of drug-likeness (QED) is 0.244. The number of morpholine rings is 1. The van der Waals surface area contributed by atoms with Crippen LogP contribution in [0.3, 0.4) is 0 Å². The summed E-state index contributed by atoms with van der Waals surface area (Å²) in [6.45, 7) is 4.44. The molecule has 4 nitrogen and oxygen atoms in total. The van der Waals surface area contributed by atoms with E-state index in [0.29, 0.717) is 5.52 Å². The number of thioether (sulfide) groups is 1. The molecule has 3 heterocycles. The third-order valence-corrected chi connectivity index (χ3v) is 7.18. The number of pyridine rings is 2. The summed E-state index contributed by atoms with van der Waals surface area (Å²) < 4.78 is 44.2. The lowest BCUT2D eigenvalue weighted by Crippen LogP contribution is -2.35. The molecule has 1 saturated heterocycles. The van der Waals surface area contributed by atoms with E-state index in [-0.39, 0.29) is 0 Å². The Morgan fingerprint density at radius 3 is 2.53 bits per heavy atom. The van der Waals surface area contributed by atoms with Gasteiger partial charge in [-0.25, -0.2) is 0 Å². The van der Waals surface area contributed by atoms with Crippen LogP contribution in [-0.4, -0.2) is 46.9 Å². The number of hydrogen-bond acceptors (Lipinski definition) is 5. The molecule has 0 atom stereocenters. The molecule has 4 rings (SSSR count). The molecule has 0 aliphatic carbocycles. The number of aryl methyl sites for hydroxylation is 1. The molecule has 1 aliphatic rings. The summed E-state index contributed by atoms with van der Waals surface area (Å²) in [5.74, 6) is 0.942. The fourth-order valence-electron chi connectivity index (χ4n) is 4.08. The average molecular weight is 490 g/mol. The third-order valence-electron chi connectivity index (χ3n) is 6.02. The van der Waals surface area contributed by atoms with Gasteiger partial charge in [-0.05, 0) is 54.8 Å². The molecule has 1 aliphatic heterocycles. The number of alkyl halides is 3. The van der Waals surface area contributed by atoms with E-state index >= 15 is 0 Å². The van der Waals surface area contributed by atoms with Crippen LogP contribution in [0.25, 0.3) is 10.9 Å². The lowest BCUT2D eigenvalue weighted by atomic mass is 10.1. The maximum atomic E-state index is 12.9.